The predicted molar refractivity (Wildman–Crippen MR) is 81.6 cm³/mol. The van der Waals surface area contributed by atoms with E-state index in [-0.39, 0.29) is 0 Å². The molecule has 104 valence electrons. The van der Waals surface area contributed by atoms with Crippen molar-refractivity contribution >= 4 is 17.7 Å². The number of nitrogens with zero attached hydrogens (tertiary/aromatic N) is 4. The molecule has 2 aromatic heterocycles. The van der Waals surface area contributed by atoms with Crippen LogP contribution in [0.15, 0.2) is 37.3 Å². The van der Waals surface area contributed by atoms with Crippen molar-refractivity contribution in [1.82, 2.24) is 14.8 Å². The molecule has 0 saturated carbocycles. The molecule has 3 heterocycles. The highest BCUT2D eigenvalue weighted by atomic mass is 15.2. The lowest BCUT2D eigenvalue weighted by atomic mass is 10.3. The fraction of sp³-hybridized carbons (Fsp3) is 0.333. The summed E-state index contributed by atoms with van der Waals surface area (Å²) in [5.41, 5.74) is 2.15. The van der Waals surface area contributed by atoms with E-state index >= 15 is 0 Å². The molecule has 1 aliphatic rings. The smallest absolute Gasteiger partial charge is 0.128 e. The maximum absolute atomic E-state index is 4.52. The molecule has 0 atom stereocenters. The van der Waals surface area contributed by atoms with Crippen LogP contribution in [0.1, 0.15) is 18.4 Å². The Morgan fingerprint density at radius 3 is 2.75 bits per heavy atom. The average molecular weight is 269 g/mol. The molecular formula is C15H19N5. The van der Waals surface area contributed by atoms with Crippen LogP contribution in [0.3, 0.4) is 0 Å². The molecule has 5 heteroatoms. The minimum Gasteiger partial charge on any atom is -0.380 e. The molecule has 1 saturated heterocycles. The van der Waals surface area contributed by atoms with Crippen molar-refractivity contribution in [1.29, 1.82) is 0 Å². The number of nitrogens with one attached hydrogen (secondary N) is 1. The van der Waals surface area contributed by atoms with E-state index in [4.69, 9.17) is 0 Å². The highest BCUT2D eigenvalue weighted by Crippen LogP contribution is 2.19. The molecular weight excluding hydrogens is 250 g/mol. The van der Waals surface area contributed by atoms with Crippen LogP contribution in [0.4, 0.5) is 11.5 Å². The van der Waals surface area contributed by atoms with Crippen LogP contribution in [0, 0.1) is 0 Å². The lowest BCUT2D eigenvalue weighted by molar-refractivity contribution is 0.935. The van der Waals surface area contributed by atoms with Crippen molar-refractivity contribution in [2.75, 3.05) is 23.3 Å². The van der Waals surface area contributed by atoms with Crippen LogP contribution in [0.2, 0.25) is 0 Å². The van der Waals surface area contributed by atoms with Crippen molar-refractivity contribution in [2.45, 2.75) is 19.4 Å². The molecule has 0 aromatic carbocycles. The summed E-state index contributed by atoms with van der Waals surface area (Å²) >= 11 is 0. The average Bonchev–Trinajstić information content (AvgIpc) is 3.17. The Hall–Kier alpha value is -2.30. The Kier molecular flexibility index (Phi) is 3.67. The highest BCUT2D eigenvalue weighted by molar-refractivity contribution is 5.49. The van der Waals surface area contributed by atoms with Gasteiger partial charge in [-0.05, 0) is 25.0 Å². The zero-order valence-corrected chi connectivity index (χ0v) is 11.5. The van der Waals surface area contributed by atoms with Gasteiger partial charge >= 0.3 is 0 Å². The Labute approximate surface area is 118 Å². The molecule has 0 radical (unpaired) electrons. The summed E-state index contributed by atoms with van der Waals surface area (Å²) in [6, 6.07) is 4.17. The van der Waals surface area contributed by atoms with Gasteiger partial charge in [0, 0.05) is 37.6 Å². The lowest BCUT2D eigenvalue weighted by Gasteiger charge is -2.16. The maximum atomic E-state index is 4.52. The topological polar surface area (TPSA) is 46.0 Å². The second-order valence-corrected chi connectivity index (χ2v) is 4.96. The van der Waals surface area contributed by atoms with Gasteiger partial charge in [0.05, 0.1) is 18.1 Å². The first-order valence-corrected chi connectivity index (χ1v) is 6.95. The highest BCUT2D eigenvalue weighted by Gasteiger charge is 2.12. The third-order valence-corrected chi connectivity index (χ3v) is 3.52. The first-order valence-electron chi connectivity index (χ1n) is 6.95. The van der Waals surface area contributed by atoms with Gasteiger partial charge in [0.25, 0.3) is 0 Å². The van der Waals surface area contributed by atoms with Gasteiger partial charge in [-0.3, -0.25) is 0 Å². The Balaban J connectivity index is 1.58. The molecule has 20 heavy (non-hydrogen) atoms. The molecule has 0 unspecified atom stereocenters. The van der Waals surface area contributed by atoms with Crippen molar-refractivity contribution < 1.29 is 0 Å². The van der Waals surface area contributed by atoms with E-state index in [1.807, 2.05) is 18.6 Å². The molecule has 1 aliphatic heterocycles. The molecule has 0 spiro atoms. The van der Waals surface area contributed by atoms with Crippen LogP contribution in [0.5, 0.6) is 0 Å². The van der Waals surface area contributed by atoms with Gasteiger partial charge < -0.3 is 10.2 Å². The van der Waals surface area contributed by atoms with Crippen molar-refractivity contribution in [3.05, 3.63) is 42.9 Å². The minimum absolute atomic E-state index is 0.735. The summed E-state index contributed by atoms with van der Waals surface area (Å²) in [6.07, 6.45) is 9.90. The van der Waals surface area contributed by atoms with E-state index in [1.165, 1.54) is 12.8 Å². The monoisotopic (exact) mass is 269 g/mol. The van der Waals surface area contributed by atoms with Crippen molar-refractivity contribution in [2.24, 2.45) is 0 Å². The summed E-state index contributed by atoms with van der Waals surface area (Å²) in [5.74, 6) is 1.08. The zero-order valence-electron chi connectivity index (χ0n) is 11.5. The number of anilines is 2. The number of hydrogen-bond acceptors (Lipinski definition) is 4. The summed E-state index contributed by atoms with van der Waals surface area (Å²) in [5, 5.41) is 7.50. The summed E-state index contributed by atoms with van der Waals surface area (Å²) in [7, 11) is 0. The molecule has 1 fully saturated rings. The number of rotatable bonds is 5. The van der Waals surface area contributed by atoms with Gasteiger partial charge in [-0.15, -0.1) is 0 Å². The lowest BCUT2D eigenvalue weighted by Crippen LogP contribution is -2.18. The summed E-state index contributed by atoms with van der Waals surface area (Å²) in [4.78, 5) is 6.85. The van der Waals surface area contributed by atoms with Crippen molar-refractivity contribution in [3.8, 4) is 0 Å². The SMILES string of the molecule is C=Cn1cc(CNc2ccc(N3CCCC3)nc2)cn1. The zero-order chi connectivity index (χ0) is 13.8. The molecule has 0 aliphatic carbocycles. The Bertz CT molecular complexity index is 566. The molecule has 0 amide bonds. The van der Waals surface area contributed by atoms with Gasteiger partial charge in [0.15, 0.2) is 0 Å². The van der Waals surface area contributed by atoms with Gasteiger partial charge in [-0.1, -0.05) is 6.58 Å². The molecule has 5 nitrogen and oxygen atoms in total. The normalized spacial score (nSPS) is 14.5. The van der Waals surface area contributed by atoms with Crippen LogP contribution >= 0.6 is 0 Å². The summed E-state index contributed by atoms with van der Waals surface area (Å²) < 4.78 is 1.70. The third-order valence-electron chi connectivity index (χ3n) is 3.52. The fourth-order valence-corrected chi connectivity index (χ4v) is 2.40. The van der Waals surface area contributed by atoms with E-state index < -0.39 is 0 Å². The van der Waals surface area contributed by atoms with Crippen LogP contribution in [-0.4, -0.2) is 27.9 Å². The predicted octanol–water partition coefficient (Wildman–Crippen LogP) is 2.59. The fourth-order valence-electron chi connectivity index (χ4n) is 2.40. The van der Waals surface area contributed by atoms with Crippen LogP contribution < -0.4 is 10.2 Å². The van der Waals surface area contributed by atoms with Gasteiger partial charge in [0.1, 0.15) is 5.82 Å². The van der Waals surface area contributed by atoms with E-state index in [1.54, 1.807) is 10.9 Å². The molecule has 0 bridgehead atoms. The number of pyridine rings is 1. The molecule has 3 rings (SSSR count). The van der Waals surface area contributed by atoms with E-state index in [0.717, 1.165) is 36.7 Å². The Morgan fingerprint density at radius 2 is 2.10 bits per heavy atom. The second kappa shape index (κ2) is 5.77. The first kappa shape index (κ1) is 12.7. The third kappa shape index (κ3) is 2.82. The quantitative estimate of drug-likeness (QED) is 0.906. The molecule has 1 N–H and O–H groups in total. The first-order chi connectivity index (χ1) is 9.85. The standard InChI is InChI=1S/C15H19N5/c1-2-20-12-13(10-18-20)9-16-14-5-6-15(17-11-14)19-7-3-4-8-19/h2,5-6,10-12,16H,1,3-4,7-9H2. The van der Waals surface area contributed by atoms with Gasteiger partial charge in [0.2, 0.25) is 0 Å². The molecule has 2 aromatic rings. The minimum atomic E-state index is 0.735. The number of aromatic nitrogens is 3. The number of hydrogen-bond donors (Lipinski definition) is 1. The van der Waals surface area contributed by atoms with E-state index in [9.17, 15) is 0 Å². The van der Waals surface area contributed by atoms with Crippen LogP contribution in [-0.2, 0) is 6.54 Å². The van der Waals surface area contributed by atoms with E-state index in [2.05, 4.69) is 39.0 Å². The van der Waals surface area contributed by atoms with E-state index in [0.29, 0.717) is 0 Å². The van der Waals surface area contributed by atoms with Gasteiger partial charge in [-0.2, -0.15) is 5.10 Å². The summed E-state index contributed by atoms with van der Waals surface area (Å²) in [6.45, 7) is 6.66. The maximum Gasteiger partial charge on any atom is 0.128 e. The second-order valence-electron chi connectivity index (χ2n) is 4.96. The van der Waals surface area contributed by atoms with Crippen molar-refractivity contribution in [3.63, 3.8) is 0 Å². The van der Waals surface area contributed by atoms with Gasteiger partial charge in [-0.25, -0.2) is 9.67 Å². The largest absolute Gasteiger partial charge is 0.380 e. The Morgan fingerprint density at radius 1 is 1.25 bits per heavy atom. The van der Waals surface area contributed by atoms with Crippen LogP contribution in [0.25, 0.3) is 6.20 Å².